The van der Waals surface area contributed by atoms with Gasteiger partial charge in [-0.1, -0.05) is 19.9 Å². The Kier molecular flexibility index (Phi) is 11.6. The number of nitriles is 1. The smallest absolute Gasteiger partial charge is 0.401 e. The molecule has 1 aromatic carbocycles. The molecule has 1 aliphatic heterocycles. The van der Waals surface area contributed by atoms with E-state index in [1.807, 2.05) is 13.8 Å². The summed E-state index contributed by atoms with van der Waals surface area (Å²) in [4.78, 5) is 42.2. The van der Waals surface area contributed by atoms with Crippen LogP contribution in [0.3, 0.4) is 0 Å². The van der Waals surface area contributed by atoms with Crippen molar-refractivity contribution in [3.05, 3.63) is 30.0 Å². The average Bonchev–Trinajstić information content (AvgIpc) is 3.55. The number of carbonyl (C=O) groups is 3. The fraction of sp³-hybridized carbons (Fsp3) is 0.586. The van der Waals surface area contributed by atoms with Gasteiger partial charge in [0.25, 0.3) is 5.91 Å². The number of fused-ring (bicyclic) bond motifs is 1. The van der Waals surface area contributed by atoms with Gasteiger partial charge in [-0.25, -0.2) is 0 Å². The van der Waals surface area contributed by atoms with E-state index < -0.39 is 48.5 Å². The normalized spacial score (nSPS) is 17.4. The van der Waals surface area contributed by atoms with Crippen molar-refractivity contribution in [2.45, 2.75) is 64.2 Å². The van der Waals surface area contributed by atoms with Gasteiger partial charge in [-0.3, -0.25) is 14.4 Å². The Morgan fingerprint density at radius 1 is 1.24 bits per heavy atom. The summed E-state index contributed by atoms with van der Waals surface area (Å²) in [6.45, 7) is 3.22. The van der Waals surface area contributed by atoms with E-state index in [1.165, 1.54) is 7.11 Å². The third kappa shape index (κ3) is 9.37. The minimum atomic E-state index is -4.34. The largest absolute Gasteiger partial charge is 0.496 e. The Morgan fingerprint density at radius 3 is 2.62 bits per heavy atom. The molecular weight excluding hydrogens is 553 g/mol. The van der Waals surface area contributed by atoms with E-state index in [4.69, 9.17) is 4.74 Å². The molecule has 0 radical (unpaired) electrons. The van der Waals surface area contributed by atoms with Gasteiger partial charge in [0.1, 0.15) is 17.5 Å². The Labute approximate surface area is 243 Å². The van der Waals surface area contributed by atoms with Crippen molar-refractivity contribution in [2.75, 3.05) is 26.7 Å². The molecule has 1 saturated heterocycles. The van der Waals surface area contributed by atoms with E-state index in [9.17, 15) is 32.8 Å². The van der Waals surface area contributed by atoms with Crippen LogP contribution >= 0.6 is 0 Å². The van der Waals surface area contributed by atoms with Gasteiger partial charge in [0.2, 0.25) is 11.8 Å². The number of carbonyl (C=O) groups excluding carboxylic acids is 3. The molecule has 1 unspecified atom stereocenters. The molecule has 1 aromatic heterocycles. The number of halogens is 3. The van der Waals surface area contributed by atoms with Gasteiger partial charge in [-0.15, -0.1) is 0 Å². The molecule has 42 heavy (non-hydrogen) atoms. The first kappa shape index (κ1) is 32.7. The van der Waals surface area contributed by atoms with E-state index in [2.05, 4.69) is 32.3 Å². The Morgan fingerprint density at radius 2 is 2.00 bits per heavy atom. The molecule has 230 valence electrons. The van der Waals surface area contributed by atoms with Crippen molar-refractivity contribution in [3.8, 4) is 11.8 Å². The number of aromatic nitrogens is 1. The van der Waals surface area contributed by atoms with E-state index in [0.717, 1.165) is 0 Å². The van der Waals surface area contributed by atoms with Crippen LogP contribution in [-0.2, 0) is 9.59 Å². The fourth-order valence-corrected chi connectivity index (χ4v) is 5.18. The summed E-state index contributed by atoms with van der Waals surface area (Å²) < 4.78 is 42.7. The molecule has 1 fully saturated rings. The van der Waals surface area contributed by atoms with Crippen molar-refractivity contribution in [2.24, 2.45) is 17.8 Å². The lowest BCUT2D eigenvalue weighted by atomic mass is 9.87. The van der Waals surface area contributed by atoms with Gasteiger partial charge in [-0.05, 0) is 62.8 Å². The fourth-order valence-electron chi connectivity index (χ4n) is 5.18. The third-order valence-electron chi connectivity index (χ3n) is 7.29. The maximum atomic E-state index is 13.6. The lowest BCUT2D eigenvalue weighted by molar-refractivity contribution is -0.126. The number of hydrogen-bond acceptors (Lipinski definition) is 6. The summed E-state index contributed by atoms with van der Waals surface area (Å²) in [6.07, 6.45) is -2.78. The summed E-state index contributed by atoms with van der Waals surface area (Å²) in [5.41, 5.74) is 0.942. The minimum absolute atomic E-state index is 0.0365. The quantitative estimate of drug-likeness (QED) is 0.200. The van der Waals surface area contributed by atoms with Crippen molar-refractivity contribution in [1.29, 1.82) is 5.26 Å². The highest BCUT2D eigenvalue weighted by atomic mass is 19.4. The van der Waals surface area contributed by atoms with Gasteiger partial charge >= 0.3 is 6.18 Å². The standard InChI is InChI=1S/C29H39F3N6O4/c1-17(2)12-23(38-28(41)24-14-20-21(36-24)7-4-8-25(20)42-3)27(40)37-22(13-18-9-11-35-26(18)39)19(15-33)6-5-10-34-16-29(30,31)32/h4,7-8,14,17-19,22-23,34,36H,5-6,9-13,16H2,1-3H3,(H,35,39)(H,37,40)(H,38,41)/t18-,19?,22-,23-/m0/s1. The van der Waals surface area contributed by atoms with Crippen LogP contribution in [0.25, 0.3) is 10.9 Å². The summed E-state index contributed by atoms with van der Waals surface area (Å²) >= 11 is 0. The number of nitrogens with zero attached hydrogens (tertiary/aromatic N) is 1. The molecule has 2 aromatic rings. The van der Waals surface area contributed by atoms with Gasteiger partial charge in [0.15, 0.2) is 0 Å². The number of hydrogen-bond donors (Lipinski definition) is 5. The molecule has 10 nitrogen and oxygen atoms in total. The maximum Gasteiger partial charge on any atom is 0.401 e. The number of rotatable bonds is 15. The lowest BCUT2D eigenvalue weighted by Crippen LogP contribution is -2.52. The Hall–Kier alpha value is -3.79. The van der Waals surface area contributed by atoms with Crippen LogP contribution in [0.5, 0.6) is 5.75 Å². The lowest BCUT2D eigenvalue weighted by Gasteiger charge is -2.28. The van der Waals surface area contributed by atoms with Gasteiger partial charge in [0.05, 0.1) is 25.6 Å². The van der Waals surface area contributed by atoms with Crippen LogP contribution in [0, 0.1) is 29.1 Å². The molecule has 1 aliphatic rings. The minimum Gasteiger partial charge on any atom is -0.496 e. The van der Waals surface area contributed by atoms with Crippen molar-refractivity contribution in [1.82, 2.24) is 26.3 Å². The number of methoxy groups -OCH3 is 1. The second-order valence-corrected chi connectivity index (χ2v) is 11.1. The van der Waals surface area contributed by atoms with Crippen LogP contribution in [0.2, 0.25) is 0 Å². The predicted octanol–water partition coefficient (Wildman–Crippen LogP) is 3.40. The first-order chi connectivity index (χ1) is 19.9. The number of ether oxygens (including phenoxy) is 1. The van der Waals surface area contributed by atoms with Gasteiger partial charge in [-0.2, -0.15) is 18.4 Å². The monoisotopic (exact) mass is 592 g/mol. The van der Waals surface area contributed by atoms with Gasteiger partial charge < -0.3 is 31.0 Å². The van der Waals surface area contributed by atoms with E-state index in [0.29, 0.717) is 36.0 Å². The first-order valence-corrected chi connectivity index (χ1v) is 14.1. The van der Waals surface area contributed by atoms with Crippen molar-refractivity contribution < 1.29 is 32.3 Å². The molecule has 4 atom stereocenters. The third-order valence-corrected chi connectivity index (χ3v) is 7.29. The zero-order valence-corrected chi connectivity index (χ0v) is 24.1. The number of H-pyrrole nitrogens is 1. The summed E-state index contributed by atoms with van der Waals surface area (Å²) in [6, 6.07) is 7.52. The Balaban J connectivity index is 1.74. The second kappa shape index (κ2) is 14.9. The number of benzene rings is 1. The zero-order valence-electron chi connectivity index (χ0n) is 24.1. The van der Waals surface area contributed by atoms with E-state index in [-0.39, 0.29) is 43.3 Å². The number of amides is 3. The SMILES string of the molecule is COc1cccc2[nH]c(C(=O)N[C@@H](CC(C)C)C(=O)N[C@@H](C[C@@H]3CCNC3=O)C(C#N)CCCNCC(F)(F)F)cc12. The molecule has 0 saturated carbocycles. The summed E-state index contributed by atoms with van der Waals surface area (Å²) in [7, 11) is 1.53. The van der Waals surface area contributed by atoms with Crippen LogP contribution in [0.15, 0.2) is 24.3 Å². The second-order valence-electron chi connectivity index (χ2n) is 11.1. The van der Waals surface area contributed by atoms with Crippen molar-refractivity contribution >= 4 is 28.6 Å². The van der Waals surface area contributed by atoms with E-state index in [1.54, 1.807) is 24.3 Å². The molecule has 0 bridgehead atoms. The van der Waals surface area contributed by atoms with Crippen molar-refractivity contribution in [3.63, 3.8) is 0 Å². The average molecular weight is 593 g/mol. The molecule has 0 spiro atoms. The molecule has 5 N–H and O–H groups in total. The first-order valence-electron chi connectivity index (χ1n) is 14.1. The highest BCUT2D eigenvalue weighted by Crippen LogP contribution is 2.26. The topological polar surface area (TPSA) is 148 Å². The highest BCUT2D eigenvalue weighted by Gasteiger charge is 2.34. The zero-order chi connectivity index (χ0) is 30.9. The van der Waals surface area contributed by atoms with Crippen LogP contribution in [0.4, 0.5) is 13.2 Å². The van der Waals surface area contributed by atoms with Gasteiger partial charge in [0, 0.05) is 29.4 Å². The molecule has 13 heteroatoms. The van der Waals surface area contributed by atoms with E-state index >= 15 is 0 Å². The molecule has 3 rings (SSSR count). The van der Waals surface area contributed by atoms with Crippen LogP contribution in [-0.4, -0.2) is 67.7 Å². The number of aromatic amines is 1. The number of nitrogens with one attached hydrogen (secondary N) is 5. The predicted molar refractivity (Wildman–Crippen MR) is 150 cm³/mol. The molecule has 3 amide bonds. The molecule has 0 aliphatic carbocycles. The maximum absolute atomic E-state index is 13.6. The summed E-state index contributed by atoms with van der Waals surface area (Å²) in [5, 5.41) is 21.4. The molecular formula is C29H39F3N6O4. The summed E-state index contributed by atoms with van der Waals surface area (Å²) in [5.74, 6) is -1.68. The van der Waals surface area contributed by atoms with Crippen LogP contribution < -0.4 is 26.0 Å². The van der Waals surface area contributed by atoms with Crippen LogP contribution in [0.1, 0.15) is 56.4 Å². The Bertz CT molecular complexity index is 1270. The highest BCUT2D eigenvalue weighted by molar-refractivity contribution is 6.01. The molecule has 2 heterocycles. The number of alkyl halides is 3.